The first-order valence-electron chi connectivity index (χ1n) is 2.82. The Bertz CT molecular complexity index is 404. The third-order valence-electron chi connectivity index (χ3n) is 1.33. The average Bonchev–Trinajstić information content (AvgIpc) is 2.43. The lowest BCUT2D eigenvalue weighted by Gasteiger charge is -1.82. The molecule has 0 aliphatic heterocycles. The SMILES string of the molecule is Brc1c(I)sc2c(Br)c(I)sc12. The summed E-state index contributed by atoms with van der Waals surface area (Å²) in [7, 11) is 0. The fourth-order valence-corrected chi connectivity index (χ4v) is 6.58. The molecule has 2 heterocycles. The van der Waals surface area contributed by atoms with Crippen LogP contribution < -0.4 is 0 Å². The normalized spacial score (nSPS) is 11.3. The highest BCUT2D eigenvalue weighted by atomic mass is 127. The highest BCUT2D eigenvalue weighted by Crippen LogP contribution is 2.46. The van der Waals surface area contributed by atoms with E-state index in [2.05, 4.69) is 77.0 Å². The third-order valence-corrected chi connectivity index (χ3v) is 9.97. The van der Waals surface area contributed by atoms with Gasteiger partial charge in [0.05, 0.1) is 24.1 Å². The van der Waals surface area contributed by atoms with Gasteiger partial charge in [-0.25, -0.2) is 0 Å². The summed E-state index contributed by atoms with van der Waals surface area (Å²) in [6, 6.07) is 0. The summed E-state index contributed by atoms with van der Waals surface area (Å²) >= 11 is 15.5. The summed E-state index contributed by atoms with van der Waals surface area (Å²) < 4.78 is 7.87. The van der Waals surface area contributed by atoms with Gasteiger partial charge in [-0.05, 0) is 77.0 Å². The van der Waals surface area contributed by atoms with Crippen molar-refractivity contribution in [1.29, 1.82) is 0 Å². The molecular formula is C6Br2I2S2. The molecule has 0 aliphatic carbocycles. The Balaban J connectivity index is 2.93. The summed E-state index contributed by atoms with van der Waals surface area (Å²) in [6.45, 7) is 0. The highest BCUT2D eigenvalue weighted by molar-refractivity contribution is 14.1. The molecule has 0 atom stereocenters. The van der Waals surface area contributed by atoms with Crippen molar-refractivity contribution in [2.45, 2.75) is 0 Å². The zero-order chi connectivity index (χ0) is 8.88. The van der Waals surface area contributed by atoms with Gasteiger partial charge in [-0.2, -0.15) is 0 Å². The van der Waals surface area contributed by atoms with Crippen LogP contribution in [0.1, 0.15) is 0 Å². The fourth-order valence-electron chi connectivity index (χ4n) is 0.829. The quantitative estimate of drug-likeness (QED) is 0.370. The predicted molar refractivity (Wildman–Crippen MR) is 80.5 cm³/mol. The van der Waals surface area contributed by atoms with Gasteiger partial charge in [0.1, 0.15) is 0 Å². The molecule has 0 aromatic carbocycles. The molecular weight excluding hydrogens is 550 g/mol. The molecule has 0 radical (unpaired) electrons. The Morgan fingerprint density at radius 2 is 1.17 bits per heavy atom. The van der Waals surface area contributed by atoms with Crippen molar-refractivity contribution >= 4 is 109 Å². The van der Waals surface area contributed by atoms with Crippen molar-refractivity contribution in [2.24, 2.45) is 0 Å². The first-order valence-corrected chi connectivity index (χ1v) is 8.20. The molecule has 0 saturated carbocycles. The first kappa shape index (κ1) is 10.6. The minimum absolute atomic E-state index is 1.25. The van der Waals surface area contributed by atoms with Crippen molar-refractivity contribution in [3.8, 4) is 0 Å². The fraction of sp³-hybridized carbons (Fsp3) is 0. The maximum absolute atomic E-state index is 3.59. The Kier molecular flexibility index (Phi) is 3.46. The zero-order valence-corrected chi connectivity index (χ0v) is 14.4. The second-order valence-corrected chi connectivity index (χ2v) is 9.29. The van der Waals surface area contributed by atoms with Gasteiger partial charge in [-0.1, -0.05) is 0 Å². The van der Waals surface area contributed by atoms with Crippen LogP contribution >= 0.6 is 99.7 Å². The summed E-state index contributed by atoms with van der Waals surface area (Å²) in [4.78, 5) is 0. The maximum Gasteiger partial charge on any atom is 0.0817 e. The van der Waals surface area contributed by atoms with Gasteiger partial charge in [0.2, 0.25) is 0 Å². The van der Waals surface area contributed by atoms with E-state index in [1.165, 1.54) is 24.1 Å². The largest absolute Gasteiger partial charge is 0.126 e. The molecule has 0 amide bonds. The van der Waals surface area contributed by atoms with Crippen LogP contribution in [-0.4, -0.2) is 0 Å². The molecule has 0 nitrogen and oxygen atoms in total. The molecule has 64 valence electrons. The molecule has 0 saturated heterocycles. The lowest BCUT2D eigenvalue weighted by Crippen LogP contribution is -1.56. The molecule has 0 aliphatic rings. The van der Waals surface area contributed by atoms with E-state index in [4.69, 9.17) is 0 Å². The topological polar surface area (TPSA) is 0 Å². The van der Waals surface area contributed by atoms with Crippen molar-refractivity contribution in [1.82, 2.24) is 0 Å². The second kappa shape index (κ2) is 3.92. The Morgan fingerprint density at radius 3 is 1.50 bits per heavy atom. The Morgan fingerprint density at radius 1 is 0.833 bits per heavy atom. The van der Waals surface area contributed by atoms with Gasteiger partial charge >= 0.3 is 0 Å². The first-order chi connectivity index (χ1) is 5.61. The number of rotatable bonds is 0. The molecule has 2 aromatic rings. The molecule has 2 aromatic heterocycles. The van der Waals surface area contributed by atoms with Crippen molar-refractivity contribution in [3.05, 3.63) is 14.7 Å². The van der Waals surface area contributed by atoms with Crippen LogP contribution in [0, 0.1) is 5.77 Å². The van der Waals surface area contributed by atoms with Crippen LogP contribution in [0.25, 0.3) is 9.40 Å². The molecule has 0 unspecified atom stereocenters. The average molecular weight is 550 g/mol. The molecule has 12 heavy (non-hydrogen) atoms. The van der Waals surface area contributed by atoms with Gasteiger partial charge in [0, 0.05) is 0 Å². The van der Waals surface area contributed by atoms with Crippen LogP contribution in [0.5, 0.6) is 0 Å². The van der Waals surface area contributed by atoms with E-state index < -0.39 is 0 Å². The van der Waals surface area contributed by atoms with Gasteiger partial charge in [0.15, 0.2) is 0 Å². The van der Waals surface area contributed by atoms with E-state index in [1.54, 1.807) is 0 Å². The maximum atomic E-state index is 3.59. The molecule has 0 fully saturated rings. The summed E-state index contributed by atoms with van der Waals surface area (Å²) in [6.07, 6.45) is 0. The van der Waals surface area contributed by atoms with Crippen LogP contribution in [0.4, 0.5) is 0 Å². The molecule has 0 bridgehead atoms. The van der Waals surface area contributed by atoms with E-state index in [0.717, 1.165) is 0 Å². The van der Waals surface area contributed by atoms with Crippen molar-refractivity contribution < 1.29 is 0 Å². The lowest BCUT2D eigenvalue weighted by atomic mass is 10.5. The zero-order valence-electron chi connectivity index (χ0n) is 5.33. The van der Waals surface area contributed by atoms with Crippen LogP contribution in [0.15, 0.2) is 8.95 Å². The Labute approximate surface area is 122 Å². The van der Waals surface area contributed by atoms with Crippen molar-refractivity contribution in [3.63, 3.8) is 0 Å². The number of halogens is 4. The van der Waals surface area contributed by atoms with Gasteiger partial charge in [0.25, 0.3) is 0 Å². The third kappa shape index (κ3) is 1.64. The highest BCUT2D eigenvalue weighted by Gasteiger charge is 2.15. The van der Waals surface area contributed by atoms with Crippen molar-refractivity contribution in [2.75, 3.05) is 0 Å². The van der Waals surface area contributed by atoms with Crippen LogP contribution in [-0.2, 0) is 0 Å². The van der Waals surface area contributed by atoms with E-state index in [1.807, 2.05) is 22.7 Å². The van der Waals surface area contributed by atoms with E-state index in [9.17, 15) is 0 Å². The van der Waals surface area contributed by atoms with Gasteiger partial charge < -0.3 is 0 Å². The Hall–Kier alpha value is 2.08. The lowest BCUT2D eigenvalue weighted by molar-refractivity contribution is 1.97. The van der Waals surface area contributed by atoms with E-state index in [0.29, 0.717) is 0 Å². The minimum atomic E-state index is 1.25. The van der Waals surface area contributed by atoms with Gasteiger partial charge in [-0.15, -0.1) is 22.7 Å². The smallest absolute Gasteiger partial charge is 0.0817 e. The standard InChI is InChI=1S/C6Br2I2S2/c7-1-3-4(12-5(1)9)2(8)6(10)11-3. The minimum Gasteiger partial charge on any atom is -0.126 e. The molecule has 2 rings (SSSR count). The molecule has 0 spiro atoms. The van der Waals surface area contributed by atoms with E-state index in [-0.39, 0.29) is 0 Å². The molecule has 6 heteroatoms. The van der Waals surface area contributed by atoms with E-state index >= 15 is 0 Å². The summed E-state index contributed by atoms with van der Waals surface area (Å²) in [5, 5.41) is 0. The molecule has 0 N–H and O–H groups in total. The van der Waals surface area contributed by atoms with Crippen LogP contribution in [0.2, 0.25) is 0 Å². The van der Waals surface area contributed by atoms with Gasteiger partial charge in [-0.3, -0.25) is 0 Å². The van der Waals surface area contributed by atoms with Crippen LogP contribution in [0.3, 0.4) is 0 Å². The number of thiophene rings is 2. The number of fused-ring (bicyclic) bond motifs is 1. The number of hydrogen-bond donors (Lipinski definition) is 0. The second-order valence-electron chi connectivity index (χ2n) is 2.04. The predicted octanol–water partition coefficient (Wildman–Crippen LogP) is 5.70. The monoisotopic (exact) mass is 548 g/mol. The summed E-state index contributed by atoms with van der Waals surface area (Å²) in [5.41, 5.74) is 0. The summed E-state index contributed by atoms with van der Waals surface area (Å²) in [5.74, 6) is 0. The number of hydrogen-bond acceptors (Lipinski definition) is 2.